The molecule has 0 heterocycles. The van der Waals surface area contributed by atoms with Gasteiger partial charge in [-0.15, -0.1) is 0 Å². The Kier molecular flexibility index (Phi) is 4.72. The molecule has 0 spiro atoms. The second kappa shape index (κ2) is 6.53. The lowest BCUT2D eigenvalue weighted by molar-refractivity contribution is 0.467. The summed E-state index contributed by atoms with van der Waals surface area (Å²) in [5.41, 5.74) is 4.67. The van der Waals surface area contributed by atoms with Gasteiger partial charge in [-0.2, -0.15) is 11.8 Å². The summed E-state index contributed by atoms with van der Waals surface area (Å²) in [7, 11) is 0. The van der Waals surface area contributed by atoms with Crippen molar-refractivity contribution in [3.05, 3.63) is 34.9 Å². The lowest BCUT2D eigenvalue weighted by atomic mass is 10.0. The number of rotatable bonds is 5. The molecule has 2 aliphatic rings. The van der Waals surface area contributed by atoms with Crippen LogP contribution in [-0.2, 0) is 12.8 Å². The lowest BCUT2D eigenvalue weighted by Gasteiger charge is -2.25. The standard InChI is InChI=1S/C18H27NS/c1-3-20-18-9-5-8-17(18)19-13(2)15-11-10-14-6-4-7-16(14)12-15/h10-13,17-19H,3-9H2,1-2H3. The molecule has 1 aromatic carbocycles. The van der Waals surface area contributed by atoms with Crippen molar-refractivity contribution in [2.75, 3.05) is 5.75 Å². The highest BCUT2D eigenvalue weighted by atomic mass is 32.2. The second-order valence-corrected chi connectivity index (χ2v) is 7.82. The Morgan fingerprint density at radius 3 is 2.90 bits per heavy atom. The van der Waals surface area contributed by atoms with Gasteiger partial charge in [-0.05, 0) is 61.5 Å². The molecule has 1 aromatic rings. The maximum absolute atomic E-state index is 3.90. The van der Waals surface area contributed by atoms with Gasteiger partial charge in [0.25, 0.3) is 0 Å². The number of fused-ring (bicyclic) bond motifs is 1. The van der Waals surface area contributed by atoms with Gasteiger partial charge in [0.05, 0.1) is 0 Å². The maximum atomic E-state index is 3.90. The Labute approximate surface area is 127 Å². The maximum Gasteiger partial charge on any atom is 0.0294 e. The van der Waals surface area contributed by atoms with E-state index in [4.69, 9.17) is 0 Å². The van der Waals surface area contributed by atoms with E-state index in [-0.39, 0.29) is 0 Å². The molecule has 0 amide bonds. The van der Waals surface area contributed by atoms with Gasteiger partial charge < -0.3 is 5.32 Å². The van der Waals surface area contributed by atoms with Crippen LogP contribution in [0.2, 0.25) is 0 Å². The van der Waals surface area contributed by atoms with Crippen LogP contribution in [0.5, 0.6) is 0 Å². The van der Waals surface area contributed by atoms with Gasteiger partial charge >= 0.3 is 0 Å². The van der Waals surface area contributed by atoms with Gasteiger partial charge in [0.15, 0.2) is 0 Å². The van der Waals surface area contributed by atoms with Crippen molar-refractivity contribution in [1.82, 2.24) is 5.32 Å². The largest absolute Gasteiger partial charge is 0.306 e. The van der Waals surface area contributed by atoms with Crippen molar-refractivity contribution in [3.63, 3.8) is 0 Å². The summed E-state index contributed by atoms with van der Waals surface area (Å²) in [5, 5.41) is 4.73. The second-order valence-electron chi connectivity index (χ2n) is 6.30. The number of thioether (sulfide) groups is 1. The molecule has 0 bridgehead atoms. The van der Waals surface area contributed by atoms with Crippen LogP contribution >= 0.6 is 11.8 Å². The highest BCUT2D eigenvalue weighted by molar-refractivity contribution is 7.99. The molecule has 2 heteroatoms. The van der Waals surface area contributed by atoms with Crippen LogP contribution in [0.4, 0.5) is 0 Å². The predicted molar refractivity (Wildman–Crippen MR) is 89.6 cm³/mol. The fraction of sp³-hybridized carbons (Fsp3) is 0.667. The number of nitrogens with one attached hydrogen (secondary N) is 1. The molecule has 0 radical (unpaired) electrons. The van der Waals surface area contributed by atoms with Crippen molar-refractivity contribution in [3.8, 4) is 0 Å². The van der Waals surface area contributed by atoms with Crippen LogP contribution in [0.25, 0.3) is 0 Å². The average molecular weight is 289 g/mol. The highest BCUT2D eigenvalue weighted by Crippen LogP contribution is 2.32. The van der Waals surface area contributed by atoms with Gasteiger partial charge in [0.2, 0.25) is 0 Å². The summed E-state index contributed by atoms with van der Waals surface area (Å²) in [5.74, 6) is 1.25. The number of aryl methyl sites for hydroxylation is 2. The zero-order valence-corrected chi connectivity index (χ0v) is 13.6. The fourth-order valence-corrected chi connectivity index (χ4v) is 5.02. The van der Waals surface area contributed by atoms with E-state index in [2.05, 4.69) is 49.1 Å². The van der Waals surface area contributed by atoms with Gasteiger partial charge in [-0.1, -0.05) is 31.5 Å². The summed E-state index contributed by atoms with van der Waals surface area (Å²) in [6, 6.07) is 8.37. The Balaban J connectivity index is 1.65. The fourth-order valence-electron chi connectivity index (χ4n) is 3.81. The van der Waals surface area contributed by atoms with E-state index in [1.54, 1.807) is 11.1 Å². The quantitative estimate of drug-likeness (QED) is 0.856. The van der Waals surface area contributed by atoms with Gasteiger partial charge in [-0.25, -0.2) is 0 Å². The molecule has 1 fully saturated rings. The molecule has 110 valence electrons. The topological polar surface area (TPSA) is 12.0 Å². The van der Waals surface area contributed by atoms with Gasteiger partial charge in [0, 0.05) is 17.3 Å². The molecule has 2 aliphatic carbocycles. The van der Waals surface area contributed by atoms with Gasteiger partial charge in [-0.3, -0.25) is 0 Å². The van der Waals surface area contributed by atoms with Crippen molar-refractivity contribution in [2.45, 2.75) is 69.7 Å². The van der Waals surface area contributed by atoms with Crippen molar-refractivity contribution in [1.29, 1.82) is 0 Å². The predicted octanol–water partition coefficient (Wildman–Crippen LogP) is 4.50. The molecule has 0 aromatic heterocycles. The van der Waals surface area contributed by atoms with Crippen LogP contribution in [-0.4, -0.2) is 17.0 Å². The lowest BCUT2D eigenvalue weighted by Crippen LogP contribution is -2.36. The van der Waals surface area contributed by atoms with Crippen molar-refractivity contribution < 1.29 is 0 Å². The summed E-state index contributed by atoms with van der Waals surface area (Å²) in [4.78, 5) is 0. The number of benzene rings is 1. The Morgan fingerprint density at radius 2 is 2.05 bits per heavy atom. The number of hydrogen-bond acceptors (Lipinski definition) is 2. The van der Waals surface area contributed by atoms with E-state index >= 15 is 0 Å². The van der Waals surface area contributed by atoms with Crippen LogP contribution in [0, 0.1) is 0 Å². The first-order chi connectivity index (χ1) is 9.78. The van der Waals surface area contributed by atoms with E-state index in [9.17, 15) is 0 Å². The van der Waals surface area contributed by atoms with Crippen molar-refractivity contribution in [2.24, 2.45) is 0 Å². The summed E-state index contributed by atoms with van der Waals surface area (Å²) in [6.45, 7) is 4.62. The molecule has 3 atom stereocenters. The van der Waals surface area contributed by atoms with E-state index in [0.717, 1.165) is 5.25 Å². The first-order valence-corrected chi connectivity index (χ1v) is 9.32. The van der Waals surface area contributed by atoms with Gasteiger partial charge in [0.1, 0.15) is 0 Å². The Morgan fingerprint density at radius 1 is 1.20 bits per heavy atom. The van der Waals surface area contributed by atoms with Crippen LogP contribution in [0.3, 0.4) is 0 Å². The molecule has 1 N–H and O–H groups in total. The van der Waals surface area contributed by atoms with Crippen LogP contribution in [0.15, 0.2) is 18.2 Å². The number of hydrogen-bond donors (Lipinski definition) is 1. The smallest absolute Gasteiger partial charge is 0.0294 e. The first kappa shape index (κ1) is 14.5. The molecule has 1 nitrogen and oxygen atoms in total. The molecular formula is C18H27NS. The Hall–Kier alpha value is -0.470. The van der Waals surface area contributed by atoms with E-state index in [0.29, 0.717) is 12.1 Å². The molecular weight excluding hydrogens is 262 g/mol. The molecule has 0 saturated heterocycles. The average Bonchev–Trinajstić information content (AvgIpc) is 3.07. The minimum absolute atomic E-state index is 0.490. The minimum Gasteiger partial charge on any atom is -0.306 e. The zero-order valence-electron chi connectivity index (χ0n) is 12.8. The third-order valence-electron chi connectivity index (χ3n) is 4.92. The third-order valence-corrected chi connectivity index (χ3v) is 6.25. The Bertz CT molecular complexity index is 457. The van der Waals surface area contributed by atoms with Crippen LogP contribution < -0.4 is 5.32 Å². The first-order valence-electron chi connectivity index (χ1n) is 8.27. The SMILES string of the molecule is CCSC1CCCC1NC(C)c1ccc2c(c1)CCC2. The van der Waals surface area contributed by atoms with E-state index < -0.39 is 0 Å². The molecule has 20 heavy (non-hydrogen) atoms. The molecule has 0 aliphatic heterocycles. The summed E-state index contributed by atoms with van der Waals surface area (Å²) in [6.07, 6.45) is 8.06. The molecule has 3 rings (SSSR count). The molecule has 1 saturated carbocycles. The summed E-state index contributed by atoms with van der Waals surface area (Å²) < 4.78 is 0. The summed E-state index contributed by atoms with van der Waals surface area (Å²) >= 11 is 2.14. The van der Waals surface area contributed by atoms with Crippen LogP contribution in [0.1, 0.15) is 62.3 Å². The van der Waals surface area contributed by atoms with E-state index in [1.807, 2.05) is 0 Å². The monoisotopic (exact) mass is 289 g/mol. The minimum atomic E-state index is 0.490. The third kappa shape index (κ3) is 3.07. The zero-order chi connectivity index (χ0) is 13.9. The molecule has 3 unspecified atom stereocenters. The van der Waals surface area contributed by atoms with Crippen molar-refractivity contribution >= 4 is 11.8 Å². The normalized spacial score (nSPS) is 26.7. The van der Waals surface area contributed by atoms with E-state index in [1.165, 1.54) is 49.8 Å². The highest BCUT2D eigenvalue weighted by Gasteiger charge is 2.28.